The summed E-state index contributed by atoms with van der Waals surface area (Å²) in [5.74, 6) is -0.131. The van der Waals surface area contributed by atoms with E-state index in [-0.39, 0.29) is 23.4 Å². The van der Waals surface area contributed by atoms with Crippen LogP contribution in [0.4, 0.5) is 15.6 Å². The summed E-state index contributed by atoms with van der Waals surface area (Å²) in [6.45, 7) is 7.10. The Labute approximate surface area is 215 Å². The van der Waals surface area contributed by atoms with Crippen molar-refractivity contribution < 1.29 is 9.59 Å². The maximum Gasteiger partial charge on any atom is 0.322 e. The number of anilines is 2. The van der Waals surface area contributed by atoms with Crippen LogP contribution in [0.5, 0.6) is 0 Å². The summed E-state index contributed by atoms with van der Waals surface area (Å²) in [5, 5.41) is 13.4. The lowest BCUT2D eigenvalue weighted by molar-refractivity contribution is 0.0700. The van der Waals surface area contributed by atoms with Crippen LogP contribution in [-0.2, 0) is 6.42 Å². The minimum absolute atomic E-state index is 0.0241. The van der Waals surface area contributed by atoms with E-state index < -0.39 is 0 Å². The van der Waals surface area contributed by atoms with Crippen LogP contribution in [0, 0.1) is 10.8 Å². The fraction of sp³-hybridized carbons (Fsp3) is 0.462. The van der Waals surface area contributed by atoms with Gasteiger partial charge in [-0.2, -0.15) is 0 Å². The van der Waals surface area contributed by atoms with Crippen molar-refractivity contribution in [3.63, 3.8) is 0 Å². The Morgan fingerprint density at radius 1 is 1.25 bits per heavy atom. The van der Waals surface area contributed by atoms with Crippen molar-refractivity contribution in [3.05, 3.63) is 52.2 Å². The van der Waals surface area contributed by atoms with E-state index in [1.54, 1.807) is 4.90 Å². The van der Waals surface area contributed by atoms with Crippen LogP contribution in [0.2, 0.25) is 0 Å². The van der Waals surface area contributed by atoms with Crippen molar-refractivity contribution in [1.29, 1.82) is 5.41 Å². The first-order valence-electron chi connectivity index (χ1n) is 12.4. The minimum Gasteiger partial charge on any atom is -0.401 e. The van der Waals surface area contributed by atoms with Crippen LogP contribution in [0.25, 0.3) is 0 Å². The normalized spacial score (nSPS) is 20.6. The molecule has 10 heteroatoms. The van der Waals surface area contributed by atoms with Crippen molar-refractivity contribution in [3.8, 4) is 0 Å². The molecule has 1 saturated heterocycles. The van der Waals surface area contributed by atoms with Gasteiger partial charge >= 0.3 is 6.03 Å². The number of nitrogens with zero attached hydrogens (tertiary/aromatic N) is 4. The van der Waals surface area contributed by atoms with Gasteiger partial charge in [0.2, 0.25) is 0 Å². The van der Waals surface area contributed by atoms with Crippen LogP contribution >= 0.6 is 11.3 Å². The van der Waals surface area contributed by atoms with E-state index in [0.717, 1.165) is 43.2 Å². The van der Waals surface area contributed by atoms with Crippen LogP contribution < -0.4 is 16.0 Å². The molecule has 1 fully saturated rings. The van der Waals surface area contributed by atoms with E-state index in [2.05, 4.69) is 21.3 Å². The number of para-hydroxylation sites is 1. The van der Waals surface area contributed by atoms with E-state index >= 15 is 0 Å². The SMILES string of the molecule is CC1(C)CN(C(=O)c2csc(N3CCC(N4CCc5ccccc5NC4=O)CC3)n2)CC(C=N)=C1N. The highest BCUT2D eigenvalue weighted by Crippen LogP contribution is 2.33. The van der Waals surface area contributed by atoms with Gasteiger partial charge in [0.25, 0.3) is 5.91 Å². The highest BCUT2D eigenvalue weighted by Gasteiger charge is 2.36. The number of urea groups is 1. The van der Waals surface area contributed by atoms with Crippen LogP contribution in [0.15, 0.2) is 40.9 Å². The van der Waals surface area contributed by atoms with E-state index in [1.807, 2.05) is 42.3 Å². The molecule has 36 heavy (non-hydrogen) atoms. The fourth-order valence-corrected chi connectivity index (χ4v) is 6.24. The first-order chi connectivity index (χ1) is 17.3. The summed E-state index contributed by atoms with van der Waals surface area (Å²) in [6.07, 6.45) is 3.82. The molecule has 4 heterocycles. The average molecular weight is 508 g/mol. The second-order valence-corrected chi connectivity index (χ2v) is 11.2. The zero-order valence-electron chi connectivity index (χ0n) is 20.8. The molecule has 0 saturated carbocycles. The first-order valence-corrected chi connectivity index (χ1v) is 13.3. The Kier molecular flexibility index (Phi) is 6.46. The van der Waals surface area contributed by atoms with Gasteiger partial charge in [0.05, 0.1) is 0 Å². The number of carbonyl (C=O) groups excluding carboxylic acids is 2. The number of nitrogens with two attached hydrogens (primary N) is 1. The van der Waals surface area contributed by atoms with Gasteiger partial charge in [-0.15, -0.1) is 11.3 Å². The van der Waals surface area contributed by atoms with Gasteiger partial charge in [0.1, 0.15) is 5.69 Å². The number of piperidine rings is 1. The largest absolute Gasteiger partial charge is 0.401 e. The number of hydrogen-bond donors (Lipinski definition) is 3. The summed E-state index contributed by atoms with van der Waals surface area (Å²) < 4.78 is 0. The van der Waals surface area contributed by atoms with E-state index in [0.29, 0.717) is 36.6 Å². The predicted octanol–water partition coefficient (Wildman–Crippen LogP) is 3.55. The Balaban J connectivity index is 1.21. The van der Waals surface area contributed by atoms with Crippen molar-refractivity contribution >= 4 is 40.3 Å². The van der Waals surface area contributed by atoms with Crippen LogP contribution in [-0.4, -0.2) is 71.7 Å². The van der Waals surface area contributed by atoms with E-state index in [1.165, 1.54) is 23.1 Å². The third-order valence-corrected chi connectivity index (χ3v) is 8.41. The summed E-state index contributed by atoms with van der Waals surface area (Å²) in [5.41, 5.74) is 9.70. The maximum absolute atomic E-state index is 13.2. The highest BCUT2D eigenvalue weighted by atomic mass is 32.1. The van der Waals surface area contributed by atoms with Crippen molar-refractivity contribution in [2.45, 2.75) is 39.2 Å². The Morgan fingerprint density at radius 2 is 2.00 bits per heavy atom. The number of carbonyl (C=O) groups is 2. The molecule has 0 unspecified atom stereocenters. The van der Waals surface area contributed by atoms with Gasteiger partial charge in [0.15, 0.2) is 5.13 Å². The van der Waals surface area contributed by atoms with E-state index in [9.17, 15) is 9.59 Å². The molecule has 3 aliphatic heterocycles. The highest BCUT2D eigenvalue weighted by molar-refractivity contribution is 7.13. The molecule has 0 radical (unpaired) electrons. The molecule has 0 aliphatic carbocycles. The number of nitrogens with one attached hydrogen (secondary N) is 2. The summed E-state index contributed by atoms with van der Waals surface area (Å²) in [7, 11) is 0. The number of hydrogen-bond acceptors (Lipinski definition) is 7. The molecule has 3 amide bonds. The number of rotatable bonds is 4. The predicted molar refractivity (Wildman–Crippen MR) is 143 cm³/mol. The monoisotopic (exact) mass is 507 g/mol. The number of benzene rings is 1. The molecule has 0 atom stereocenters. The number of amides is 3. The minimum atomic E-state index is -0.386. The van der Waals surface area contributed by atoms with Gasteiger partial charge in [-0.25, -0.2) is 9.78 Å². The number of thiazole rings is 1. The smallest absolute Gasteiger partial charge is 0.322 e. The second-order valence-electron chi connectivity index (χ2n) is 10.4. The zero-order chi connectivity index (χ0) is 25.4. The Hall–Kier alpha value is -3.40. The lowest BCUT2D eigenvalue weighted by Gasteiger charge is -2.39. The van der Waals surface area contributed by atoms with Crippen molar-refractivity contribution in [2.75, 3.05) is 42.9 Å². The molecule has 1 aromatic heterocycles. The number of fused-ring (bicyclic) bond motifs is 1. The third kappa shape index (κ3) is 4.57. The molecule has 9 nitrogen and oxygen atoms in total. The molecule has 5 rings (SSSR count). The van der Waals surface area contributed by atoms with Crippen molar-refractivity contribution in [2.24, 2.45) is 11.1 Å². The fourth-order valence-electron chi connectivity index (χ4n) is 5.39. The van der Waals surface area contributed by atoms with Gasteiger partial charge in [-0.05, 0) is 30.9 Å². The van der Waals surface area contributed by atoms with Crippen LogP contribution in [0.1, 0.15) is 42.7 Å². The average Bonchev–Trinajstić information content (AvgIpc) is 3.30. The molecular formula is C26H33N7O2S. The lowest BCUT2D eigenvalue weighted by Crippen LogP contribution is -2.49. The topological polar surface area (TPSA) is 119 Å². The lowest BCUT2D eigenvalue weighted by atomic mass is 9.83. The summed E-state index contributed by atoms with van der Waals surface area (Å²) in [4.78, 5) is 36.7. The number of aromatic nitrogens is 1. The van der Waals surface area contributed by atoms with Crippen LogP contribution in [0.3, 0.4) is 0 Å². The molecule has 190 valence electrons. The molecule has 4 N–H and O–H groups in total. The Bertz CT molecular complexity index is 1210. The van der Waals surface area contributed by atoms with Gasteiger partial charge in [-0.1, -0.05) is 32.0 Å². The van der Waals surface area contributed by atoms with Gasteiger partial charge in [-0.3, -0.25) is 4.79 Å². The molecule has 0 bridgehead atoms. The third-order valence-electron chi connectivity index (χ3n) is 7.51. The Morgan fingerprint density at radius 3 is 2.75 bits per heavy atom. The molecule has 1 aromatic carbocycles. The van der Waals surface area contributed by atoms with E-state index in [4.69, 9.17) is 11.1 Å². The second kappa shape index (κ2) is 9.57. The standard InChI is InChI=1S/C26H33N7O2S/c1-26(2)16-32(14-18(13-27)22(26)28)23(34)21-15-36-25(30-21)31-10-8-19(9-11-31)33-12-7-17-5-3-4-6-20(17)29-24(33)35/h3-6,13,15,19,27H,7-12,14,16,28H2,1-2H3,(H,29,35). The molecule has 2 aromatic rings. The molecule has 3 aliphatic rings. The van der Waals surface area contributed by atoms with Crippen molar-refractivity contribution in [1.82, 2.24) is 14.8 Å². The first kappa shape index (κ1) is 24.3. The maximum atomic E-state index is 13.2. The van der Waals surface area contributed by atoms with Gasteiger partial charge < -0.3 is 31.2 Å². The summed E-state index contributed by atoms with van der Waals surface area (Å²) >= 11 is 1.48. The zero-order valence-corrected chi connectivity index (χ0v) is 21.6. The van der Waals surface area contributed by atoms with Gasteiger partial charge in [0, 0.05) is 72.7 Å². The molecular weight excluding hydrogens is 474 g/mol. The molecule has 0 spiro atoms. The summed E-state index contributed by atoms with van der Waals surface area (Å²) in [6, 6.07) is 8.16. The quantitative estimate of drug-likeness (QED) is 0.547.